The zero-order valence-electron chi connectivity index (χ0n) is 16.8. The Morgan fingerprint density at radius 3 is 2.52 bits per heavy atom. The van der Waals surface area contributed by atoms with Crippen LogP contribution in [-0.4, -0.2) is 36.4 Å². The van der Waals surface area contributed by atoms with Crippen LogP contribution in [0.3, 0.4) is 0 Å². The van der Waals surface area contributed by atoms with E-state index in [2.05, 4.69) is 0 Å². The fraction of sp³-hybridized carbons (Fsp3) is 0.364. The monoisotopic (exact) mass is 402 g/mol. The third-order valence-electron chi connectivity index (χ3n) is 4.48. The maximum absolute atomic E-state index is 14.5. The Morgan fingerprint density at radius 1 is 1.21 bits per heavy atom. The highest BCUT2D eigenvalue weighted by Crippen LogP contribution is 2.40. The van der Waals surface area contributed by atoms with Gasteiger partial charge in [-0.1, -0.05) is 6.07 Å². The Bertz CT molecular complexity index is 974. The number of carboxylic acid groups (broad SMARTS) is 1. The summed E-state index contributed by atoms with van der Waals surface area (Å²) in [7, 11) is 1.42. The minimum atomic E-state index is -1.11. The predicted octanol–water partition coefficient (Wildman–Crippen LogP) is 4.01. The molecular formula is C22H23FO6. The number of carbonyl (C=O) groups is 2. The van der Waals surface area contributed by atoms with E-state index in [9.17, 15) is 19.1 Å². The molecule has 1 aliphatic rings. The van der Waals surface area contributed by atoms with Gasteiger partial charge in [-0.25, -0.2) is 14.0 Å². The minimum absolute atomic E-state index is 0.0394. The van der Waals surface area contributed by atoms with Crippen LogP contribution in [0.25, 0.3) is 0 Å². The second-order valence-electron chi connectivity index (χ2n) is 7.82. The molecule has 29 heavy (non-hydrogen) atoms. The van der Waals surface area contributed by atoms with Gasteiger partial charge in [0.2, 0.25) is 0 Å². The molecule has 154 valence electrons. The second kappa shape index (κ2) is 7.73. The van der Waals surface area contributed by atoms with Crippen molar-refractivity contribution in [2.75, 3.05) is 13.7 Å². The summed E-state index contributed by atoms with van der Waals surface area (Å²) in [5.41, 5.74) is 1.07. The summed E-state index contributed by atoms with van der Waals surface area (Å²) in [6, 6.07) is 5.74. The van der Waals surface area contributed by atoms with E-state index in [-0.39, 0.29) is 17.5 Å². The topological polar surface area (TPSA) is 82.1 Å². The summed E-state index contributed by atoms with van der Waals surface area (Å²) in [6.07, 6.45) is 0.788. The Morgan fingerprint density at radius 2 is 1.93 bits per heavy atom. The van der Waals surface area contributed by atoms with Crippen LogP contribution >= 0.6 is 0 Å². The fourth-order valence-corrected chi connectivity index (χ4v) is 3.34. The lowest BCUT2D eigenvalue weighted by Crippen LogP contribution is -2.24. The zero-order chi connectivity index (χ0) is 21.3. The van der Waals surface area contributed by atoms with Crippen molar-refractivity contribution in [3.8, 4) is 11.5 Å². The summed E-state index contributed by atoms with van der Waals surface area (Å²) in [6.45, 7) is 5.55. The average molecular weight is 402 g/mol. The molecule has 0 atom stereocenters. The molecule has 1 N–H and O–H groups in total. The van der Waals surface area contributed by atoms with E-state index in [4.69, 9.17) is 14.2 Å². The number of hydrogen-bond acceptors (Lipinski definition) is 5. The molecule has 3 rings (SSSR count). The molecule has 0 aliphatic carbocycles. The third kappa shape index (κ3) is 4.34. The number of rotatable bonds is 5. The number of hydrogen-bond donors (Lipinski definition) is 1. The zero-order valence-corrected chi connectivity index (χ0v) is 16.8. The van der Waals surface area contributed by atoms with Crippen LogP contribution in [0.5, 0.6) is 11.5 Å². The molecule has 2 aromatic carbocycles. The van der Waals surface area contributed by atoms with E-state index in [1.807, 2.05) is 0 Å². The van der Waals surface area contributed by atoms with Crippen molar-refractivity contribution in [3.63, 3.8) is 0 Å². The van der Waals surface area contributed by atoms with Crippen LogP contribution in [0.1, 0.15) is 58.2 Å². The van der Waals surface area contributed by atoms with Crippen LogP contribution in [0.15, 0.2) is 24.3 Å². The van der Waals surface area contributed by atoms with Gasteiger partial charge in [-0.3, -0.25) is 0 Å². The normalized spacial score (nSPS) is 12.9. The van der Waals surface area contributed by atoms with E-state index in [0.29, 0.717) is 41.2 Å². The molecule has 7 heteroatoms. The lowest BCUT2D eigenvalue weighted by atomic mass is 9.96. The van der Waals surface area contributed by atoms with Crippen LogP contribution in [0.4, 0.5) is 4.39 Å². The third-order valence-corrected chi connectivity index (χ3v) is 4.48. The molecule has 0 aromatic heterocycles. The van der Waals surface area contributed by atoms with Crippen LogP contribution in [-0.2, 0) is 17.6 Å². The number of halogens is 1. The highest BCUT2D eigenvalue weighted by Gasteiger charge is 2.27. The van der Waals surface area contributed by atoms with Crippen molar-refractivity contribution in [3.05, 3.63) is 57.9 Å². The maximum Gasteiger partial charge on any atom is 0.341 e. The van der Waals surface area contributed by atoms with Gasteiger partial charge in [-0.05, 0) is 50.1 Å². The lowest BCUT2D eigenvalue weighted by molar-refractivity contribution is 0.00645. The quantitative estimate of drug-likeness (QED) is 0.761. The predicted molar refractivity (Wildman–Crippen MR) is 104 cm³/mol. The Kier molecular flexibility index (Phi) is 5.50. The van der Waals surface area contributed by atoms with E-state index >= 15 is 0 Å². The highest BCUT2D eigenvalue weighted by atomic mass is 19.1. The first kappa shape index (κ1) is 20.6. The van der Waals surface area contributed by atoms with Gasteiger partial charge < -0.3 is 19.3 Å². The maximum atomic E-state index is 14.5. The van der Waals surface area contributed by atoms with Crippen molar-refractivity contribution < 1.29 is 33.3 Å². The van der Waals surface area contributed by atoms with E-state index in [0.717, 1.165) is 0 Å². The van der Waals surface area contributed by atoms with Crippen molar-refractivity contribution in [2.45, 2.75) is 39.2 Å². The van der Waals surface area contributed by atoms with Gasteiger partial charge in [0.25, 0.3) is 0 Å². The Labute approximate surface area is 168 Å². The fourth-order valence-electron chi connectivity index (χ4n) is 3.34. The van der Waals surface area contributed by atoms with Crippen LogP contribution in [0, 0.1) is 5.82 Å². The number of ether oxygens (including phenoxy) is 3. The number of esters is 1. The van der Waals surface area contributed by atoms with Crippen molar-refractivity contribution in [2.24, 2.45) is 0 Å². The minimum Gasteiger partial charge on any atom is -0.495 e. The Hall–Kier alpha value is -3.09. The summed E-state index contributed by atoms with van der Waals surface area (Å²) in [4.78, 5) is 23.8. The molecule has 0 bridgehead atoms. The molecule has 2 aromatic rings. The number of carbonyl (C=O) groups excluding carboxylic acids is 1. The molecule has 0 fully saturated rings. The van der Waals surface area contributed by atoms with Gasteiger partial charge in [0.05, 0.1) is 19.3 Å². The Balaban J connectivity index is 1.94. The number of fused-ring (bicyclic) bond motifs is 1. The van der Waals surface area contributed by atoms with Crippen LogP contribution in [0.2, 0.25) is 0 Å². The molecule has 0 spiro atoms. The summed E-state index contributed by atoms with van der Waals surface area (Å²) in [5, 5.41) is 9.52. The van der Waals surface area contributed by atoms with Gasteiger partial charge >= 0.3 is 11.9 Å². The van der Waals surface area contributed by atoms with Crippen molar-refractivity contribution >= 4 is 11.9 Å². The standard InChI is InChI=1S/C22H23FO6/c1-22(2,3)29-21(26)14-6-5-12(10-17(14)23)9-13-11-16(20(24)25)19(27-4)15-7-8-28-18(13)15/h5-6,10-11H,7-9H2,1-4H3,(H,24,25). The van der Waals surface area contributed by atoms with Gasteiger partial charge in [0, 0.05) is 18.4 Å². The summed E-state index contributed by atoms with van der Waals surface area (Å²) >= 11 is 0. The first-order valence-corrected chi connectivity index (χ1v) is 9.21. The van der Waals surface area contributed by atoms with Gasteiger partial charge in [-0.15, -0.1) is 0 Å². The molecule has 6 nitrogen and oxygen atoms in total. The molecule has 0 radical (unpaired) electrons. The molecular weight excluding hydrogens is 379 g/mol. The van der Waals surface area contributed by atoms with Crippen molar-refractivity contribution in [1.29, 1.82) is 0 Å². The number of aromatic carboxylic acids is 1. The molecule has 0 amide bonds. The smallest absolute Gasteiger partial charge is 0.341 e. The summed E-state index contributed by atoms with van der Waals surface area (Å²) < 4.78 is 30.7. The van der Waals surface area contributed by atoms with E-state index < -0.39 is 23.4 Å². The first-order chi connectivity index (χ1) is 13.6. The van der Waals surface area contributed by atoms with E-state index in [1.54, 1.807) is 26.8 Å². The van der Waals surface area contributed by atoms with E-state index in [1.165, 1.54) is 25.3 Å². The highest BCUT2D eigenvalue weighted by molar-refractivity contribution is 5.93. The molecule has 1 heterocycles. The van der Waals surface area contributed by atoms with Crippen LogP contribution < -0.4 is 9.47 Å². The number of carboxylic acids is 1. The second-order valence-corrected chi connectivity index (χ2v) is 7.82. The molecule has 0 saturated carbocycles. The van der Waals surface area contributed by atoms with Crippen molar-refractivity contribution in [1.82, 2.24) is 0 Å². The molecule has 1 aliphatic heterocycles. The molecule has 0 saturated heterocycles. The molecule has 0 unspecified atom stereocenters. The number of benzene rings is 2. The SMILES string of the molecule is COc1c(C(=O)O)cc(Cc2ccc(C(=O)OC(C)(C)C)c(F)c2)c2c1CCO2. The largest absolute Gasteiger partial charge is 0.495 e. The van der Waals surface area contributed by atoms with Gasteiger partial charge in [0.1, 0.15) is 28.5 Å². The van der Waals surface area contributed by atoms with Gasteiger partial charge in [0.15, 0.2) is 0 Å². The average Bonchev–Trinajstić information content (AvgIpc) is 3.09. The summed E-state index contributed by atoms with van der Waals surface area (Å²) in [5.74, 6) is -1.67. The first-order valence-electron chi connectivity index (χ1n) is 9.21. The lowest BCUT2D eigenvalue weighted by Gasteiger charge is -2.19. The number of methoxy groups -OCH3 is 1. The van der Waals surface area contributed by atoms with Gasteiger partial charge in [-0.2, -0.15) is 0 Å².